The second-order valence-electron chi connectivity index (χ2n) is 17.2. The lowest BCUT2D eigenvalue weighted by Crippen LogP contribution is -2.71. The van der Waals surface area contributed by atoms with E-state index in [1.807, 2.05) is 0 Å². The Morgan fingerprint density at radius 3 is 1.43 bits per heavy atom. The Hall–Kier alpha value is -1.65. The first-order chi connectivity index (χ1) is 32.0. The zero-order valence-electron chi connectivity index (χ0n) is 36.8. The molecule has 5 saturated heterocycles. The smallest absolute Gasteiger partial charge is 0.217 e. The van der Waals surface area contributed by atoms with Gasteiger partial charge >= 0.3 is 0 Å². The van der Waals surface area contributed by atoms with Crippen LogP contribution in [0, 0.1) is 0 Å². The Balaban J connectivity index is 1.58. The Bertz CT molecular complexity index is 1550. The summed E-state index contributed by atoms with van der Waals surface area (Å²) in [6.07, 6.45) is -53.5. The summed E-state index contributed by atoms with van der Waals surface area (Å²) in [6.45, 7) is -1.73. The molecule has 19 N–H and O–H groups in total. The molecule has 5 aliphatic rings. The van der Waals surface area contributed by atoms with Gasteiger partial charge in [-0.25, -0.2) is 0 Å². The second kappa shape index (κ2) is 24.9. The SMILES string of the molecule is CC(=O)N[C@H]1[C@H](O[C@H]2[C@@H](O)[C@@H](CO)O[C@@H](O[C@@H]([C@H](O)[C@@H](O)CO)[C@H](O)CO)[C@@H]2O)O[C@H](CO)[C@@H](O[C@H]2O[C@H](C)[C@H](O)[C@H](O)[C@H]2O)[C@@H]1O[C@@H]1O[C@H](CO)[C@H](O)[C@H](O)[C@H]1O[C@H]1O[C@H](C)[C@H](O)[C@H](O)[C@H]1O. The van der Waals surface area contributed by atoms with E-state index in [0.717, 1.165) is 6.92 Å². The molecular formula is C38H67NO29. The molecule has 30 heteroatoms. The number of aliphatic hydroxyl groups excluding tert-OH is 18. The van der Waals surface area contributed by atoms with Gasteiger partial charge in [0.25, 0.3) is 0 Å². The molecule has 5 fully saturated rings. The minimum absolute atomic E-state index is 0.913. The van der Waals surface area contributed by atoms with E-state index in [0.29, 0.717) is 0 Å². The first-order valence-electron chi connectivity index (χ1n) is 21.8. The molecule has 0 aliphatic carbocycles. The van der Waals surface area contributed by atoms with Crippen LogP contribution in [0.1, 0.15) is 20.8 Å². The van der Waals surface area contributed by atoms with Crippen molar-refractivity contribution in [1.82, 2.24) is 5.32 Å². The van der Waals surface area contributed by atoms with E-state index in [1.54, 1.807) is 0 Å². The third kappa shape index (κ3) is 12.4. The molecule has 0 aromatic carbocycles. The van der Waals surface area contributed by atoms with Crippen molar-refractivity contribution in [2.45, 2.75) is 199 Å². The van der Waals surface area contributed by atoms with Crippen LogP contribution in [0.3, 0.4) is 0 Å². The van der Waals surface area contributed by atoms with Gasteiger partial charge < -0.3 is 145 Å². The van der Waals surface area contributed by atoms with Crippen molar-refractivity contribution in [3.63, 3.8) is 0 Å². The lowest BCUT2D eigenvalue weighted by molar-refractivity contribution is -0.399. The average molecular weight is 1000 g/mol. The van der Waals surface area contributed by atoms with E-state index in [9.17, 15) is 96.7 Å². The van der Waals surface area contributed by atoms with Crippen molar-refractivity contribution in [3.05, 3.63) is 0 Å². The minimum atomic E-state index is -2.26. The maximum absolute atomic E-state index is 13.1. The predicted octanol–water partition coefficient (Wildman–Crippen LogP) is -12.3. The summed E-state index contributed by atoms with van der Waals surface area (Å²) in [7, 11) is 0. The van der Waals surface area contributed by atoms with Gasteiger partial charge in [0.15, 0.2) is 31.5 Å². The minimum Gasteiger partial charge on any atom is -0.394 e. The van der Waals surface area contributed by atoms with Crippen LogP contribution in [-0.2, 0) is 52.2 Å². The number of rotatable bonds is 19. The molecule has 398 valence electrons. The maximum Gasteiger partial charge on any atom is 0.217 e. The normalized spacial score (nSPS) is 47.8. The summed E-state index contributed by atoms with van der Waals surface area (Å²) < 4.78 is 58.4. The van der Waals surface area contributed by atoms with E-state index in [4.69, 9.17) is 47.4 Å². The Labute approximate surface area is 386 Å². The summed E-state index contributed by atoms with van der Waals surface area (Å²) in [5.41, 5.74) is 0. The largest absolute Gasteiger partial charge is 0.394 e. The molecule has 5 aliphatic heterocycles. The lowest BCUT2D eigenvalue weighted by Gasteiger charge is -2.52. The molecular weight excluding hydrogens is 934 g/mol. The second-order valence-corrected chi connectivity index (χ2v) is 17.2. The topological polar surface area (TPSA) is 486 Å². The van der Waals surface area contributed by atoms with Crippen molar-refractivity contribution in [3.8, 4) is 0 Å². The Morgan fingerprint density at radius 1 is 0.471 bits per heavy atom. The van der Waals surface area contributed by atoms with Crippen LogP contribution in [-0.4, -0.2) is 309 Å². The van der Waals surface area contributed by atoms with Crippen LogP contribution in [0.15, 0.2) is 0 Å². The van der Waals surface area contributed by atoms with Gasteiger partial charge in [-0.1, -0.05) is 0 Å². The zero-order valence-corrected chi connectivity index (χ0v) is 36.8. The third-order valence-electron chi connectivity index (χ3n) is 12.4. The highest BCUT2D eigenvalue weighted by molar-refractivity contribution is 5.73. The maximum atomic E-state index is 13.1. The van der Waals surface area contributed by atoms with E-state index >= 15 is 0 Å². The van der Waals surface area contributed by atoms with Crippen LogP contribution in [0.25, 0.3) is 0 Å². The summed E-state index contributed by atoms with van der Waals surface area (Å²) >= 11 is 0. The van der Waals surface area contributed by atoms with E-state index in [1.165, 1.54) is 13.8 Å². The summed E-state index contributed by atoms with van der Waals surface area (Å²) in [6, 6.07) is -1.89. The number of amides is 1. The van der Waals surface area contributed by atoms with Gasteiger partial charge in [-0.15, -0.1) is 0 Å². The van der Waals surface area contributed by atoms with Gasteiger partial charge in [-0.2, -0.15) is 0 Å². The fraction of sp³-hybridized carbons (Fsp3) is 0.974. The highest BCUT2D eigenvalue weighted by Gasteiger charge is 2.58. The Kier molecular flexibility index (Phi) is 20.9. The van der Waals surface area contributed by atoms with Crippen LogP contribution >= 0.6 is 0 Å². The molecule has 30 nitrogen and oxygen atoms in total. The number of ether oxygens (including phenoxy) is 10. The molecule has 1 amide bonds. The van der Waals surface area contributed by atoms with Gasteiger partial charge in [0.2, 0.25) is 5.91 Å². The quantitative estimate of drug-likeness (QED) is 0.0571. The van der Waals surface area contributed by atoms with Crippen LogP contribution in [0.4, 0.5) is 0 Å². The molecule has 0 unspecified atom stereocenters. The number of hydrogen-bond donors (Lipinski definition) is 19. The molecule has 0 radical (unpaired) electrons. The van der Waals surface area contributed by atoms with Crippen LogP contribution in [0.2, 0.25) is 0 Å². The Morgan fingerprint density at radius 2 is 0.926 bits per heavy atom. The highest BCUT2D eigenvalue weighted by Crippen LogP contribution is 2.37. The number of aliphatic hydroxyl groups is 18. The lowest BCUT2D eigenvalue weighted by atomic mass is 9.93. The number of carbonyl (C=O) groups excluding carboxylic acids is 1. The van der Waals surface area contributed by atoms with Crippen molar-refractivity contribution >= 4 is 5.91 Å². The van der Waals surface area contributed by atoms with E-state index in [2.05, 4.69) is 5.32 Å². The molecule has 5 heterocycles. The molecule has 29 atom stereocenters. The van der Waals surface area contributed by atoms with Crippen LogP contribution < -0.4 is 5.32 Å². The zero-order chi connectivity index (χ0) is 50.6. The monoisotopic (exact) mass is 1000 g/mol. The number of nitrogens with one attached hydrogen (secondary N) is 1. The summed E-state index contributed by atoms with van der Waals surface area (Å²) in [4.78, 5) is 13.1. The molecule has 0 aromatic heterocycles. The number of carbonyl (C=O) groups is 1. The highest BCUT2D eigenvalue weighted by atomic mass is 16.8. The van der Waals surface area contributed by atoms with Crippen molar-refractivity contribution in [2.24, 2.45) is 0 Å². The molecule has 0 aromatic rings. The standard InChI is InChI=1S/C38H67NO29/c1-9-18(48)23(53)26(56)35(59-9)65-30-16(8-44)63-34(67-32-22(52)15(7-43)61-37(28(32)58)64-29(13(47)5-41)20(50)12(46)4-40)17(39-11(3)45)31(30)66-38-33(25(55)21(51)14(6-42)62-38)68-36-27(57)24(54)19(49)10(2)60-36/h9-10,12-38,40-44,46-58H,4-8H2,1-3H3,(H,39,45)/t9-,10-,12+,13-,14-,15-,16-,17-,18+,19+,20-,21+,22+,23+,24+,25+,26-,27-,28-,29-,30-,31-,32+,33-,34+,35-,36-,37+,38+/m1/s1. The van der Waals surface area contributed by atoms with Crippen molar-refractivity contribution in [2.75, 3.05) is 33.0 Å². The van der Waals surface area contributed by atoms with Gasteiger partial charge in [-0.05, 0) is 13.8 Å². The van der Waals surface area contributed by atoms with Gasteiger partial charge in [0.1, 0.15) is 134 Å². The van der Waals surface area contributed by atoms with Gasteiger partial charge in [-0.3, -0.25) is 4.79 Å². The van der Waals surface area contributed by atoms with Gasteiger partial charge in [0, 0.05) is 6.92 Å². The fourth-order valence-corrected chi connectivity index (χ4v) is 8.37. The number of hydrogen-bond acceptors (Lipinski definition) is 29. The average Bonchev–Trinajstić information content (AvgIpc) is 3.31. The fourth-order valence-electron chi connectivity index (χ4n) is 8.37. The summed E-state index contributed by atoms with van der Waals surface area (Å²) in [5, 5.41) is 193. The van der Waals surface area contributed by atoms with E-state index < -0.39 is 217 Å². The first-order valence-corrected chi connectivity index (χ1v) is 21.8. The van der Waals surface area contributed by atoms with Crippen molar-refractivity contribution < 1.29 is 144 Å². The predicted molar refractivity (Wildman–Crippen MR) is 210 cm³/mol. The first kappa shape index (κ1) is 57.3. The summed E-state index contributed by atoms with van der Waals surface area (Å²) in [5.74, 6) is -0.913. The van der Waals surface area contributed by atoms with Crippen molar-refractivity contribution in [1.29, 1.82) is 0 Å². The van der Waals surface area contributed by atoms with E-state index in [-0.39, 0.29) is 0 Å². The third-order valence-corrected chi connectivity index (χ3v) is 12.4. The molecule has 0 saturated carbocycles. The molecule has 5 rings (SSSR count). The molecule has 0 spiro atoms. The van der Waals surface area contributed by atoms with Gasteiger partial charge in [0.05, 0.1) is 45.2 Å². The molecule has 68 heavy (non-hydrogen) atoms. The van der Waals surface area contributed by atoms with Crippen LogP contribution in [0.5, 0.6) is 0 Å². The molecule has 0 bridgehead atoms.